The summed E-state index contributed by atoms with van der Waals surface area (Å²) in [5.41, 5.74) is 4.05. The molecule has 0 aliphatic carbocycles. The van der Waals surface area contributed by atoms with Crippen LogP contribution in [0.15, 0.2) is 42.5 Å². The van der Waals surface area contributed by atoms with E-state index in [9.17, 15) is 26.3 Å². The second kappa shape index (κ2) is 8.07. The second-order valence-corrected chi connectivity index (χ2v) is 7.02. The molecule has 0 amide bonds. The van der Waals surface area contributed by atoms with Gasteiger partial charge in [-0.15, -0.1) is 0 Å². The predicted molar refractivity (Wildman–Crippen MR) is 96.6 cm³/mol. The highest BCUT2D eigenvalue weighted by molar-refractivity contribution is 5.44. The van der Waals surface area contributed by atoms with Crippen LogP contribution in [0, 0.1) is 11.3 Å². The standard InChI is InChI=1S/C20H17F6N3O/c21-19(22,23)17-7-11(1-2-12(17)9-27)16-8-14(29-18(16)20(24,25)26)10-30-15-5-3-13(28)4-6-15/h1-7,14,16,18,29H,8,10,28H2. The van der Waals surface area contributed by atoms with Crippen molar-refractivity contribution in [1.82, 2.24) is 5.32 Å². The summed E-state index contributed by atoms with van der Waals surface area (Å²) in [5, 5.41) is 11.3. The molecule has 1 saturated heterocycles. The Morgan fingerprint density at radius 3 is 2.30 bits per heavy atom. The Morgan fingerprint density at radius 2 is 1.73 bits per heavy atom. The number of anilines is 1. The minimum atomic E-state index is -4.85. The molecule has 4 nitrogen and oxygen atoms in total. The summed E-state index contributed by atoms with van der Waals surface area (Å²) >= 11 is 0. The van der Waals surface area contributed by atoms with E-state index in [0.717, 1.165) is 12.1 Å². The highest BCUT2D eigenvalue weighted by Gasteiger charge is 2.51. The summed E-state index contributed by atoms with van der Waals surface area (Å²) in [6, 6.07) is 7.63. The maximum atomic E-state index is 13.6. The Bertz CT molecular complexity index is 934. The summed E-state index contributed by atoms with van der Waals surface area (Å²) < 4.78 is 85.9. The lowest BCUT2D eigenvalue weighted by Gasteiger charge is -2.23. The molecule has 0 saturated carbocycles. The van der Waals surface area contributed by atoms with Gasteiger partial charge in [0.2, 0.25) is 0 Å². The molecule has 2 aromatic carbocycles. The van der Waals surface area contributed by atoms with Crippen molar-refractivity contribution < 1.29 is 31.1 Å². The first-order chi connectivity index (χ1) is 14.0. The Hall–Kier alpha value is -2.93. The number of nitrogens with two attached hydrogens (primary N) is 1. The molecule has 2 aromatic rings. The Kier molecular flexibility index (Phi) is 5.85. The SMILES string of the molecule is N#Cc1ccc(C2CC(COc3ccc(N)cc3)NC2C(F)(F)F)cc1C(F)(F)F. The van der Waals surface area contributed by atoms with Gasteiger partial charge in [-0.2, -0.15) is 31.6 Å². The smallest absolute Gasteiger partial charge is 0.417 e. The van der Waals surface area contributed by atoms with Crippen LogP contribution in [-0.2, 0) is 6.18 Å². The van der Waals surface area contributed by atoms with Crippen LogP contribution < -0.4 is 15.8 Å². The van der Waals surface area contributed by atoms with Gasteiger partial charge in [0.25, 0.3) is 0 Å². The first-order valence-corrected chi connectivity index (χ1v) is 8.91. The number of nitrogens with one attached hydrogen (secondary N) is 1. The Labute approximate surface area is 168 Å². The van der Waals surface area contributed by atoms with E-state index in [1.807, 2.05) is 0 Å². The molecular weight excluding hydrogens is 412 g/mol. The molecular formula is C20H17F6N3O. The number of nitrogens with zero attached hydrogens (tertiary/aromatic N) is 1. The molecule has 10 heteroatoms. The third-order valence-electron chi connectivity index (χ3n) is 4.94. The number of hydrogen-bond acceptors (Lipinski definition) is 4. The molecule has 3 atom stereocenters. The van der Waals surface area contributed by atoms with Gasteiger partial charge in [0.15, 0.2) is 0 Å². The number of ether oxygens (including phenoxy) is 1. The molecule has 160 valence electrons. The van der Waals surface area contributed by atoms with Crippen LogP contribution in [0.1, 0.15) is 29.0 Å². The van der Waals surface area contributed by atoms with Gasteiger partial charge >= 0.3 is 12.4 Å². The molecule has 0 spiro atoms. The number of rotatable bonds is 4. The third kappa shape index (κ3) is 4.79. The molecule has 3 rings (SSSR count). The number of nitrogen functional groups attached to an aromatic ring is 1. The van der Waals surface area contributed by atoms with E-state index in [1.165, 1.54) is 6.07 Å². The average Bonchev–Trinajstić information content (AvgIpc) is 3.11. The van der Waals surface area contributed by atoms with E-state index < -0.39 is 41.5 Å². The zero-order chi connectivity index (χ0) is 22.1. The molecule has 1 aliphatic rings. The van der Waals surface area contributed by atoms with E-state index in [1.54, 1.807) is 24.3 Å². The van der Waals surface area contributed by atoms with Crippen LogP contribution in [0.2, 0.25) is 0 Å². The van der Waals surface area contributed by atoms with Crippen molar-refractivity contribution in [2.24, 2.45) is 0 Å². The molecule has 3 N–H and O–H groups in total. The monoisotopic (exact) mass is 429 g/mol. The summed E-state index contributed by atoms with van der Waals surface area (Å²) in [7, 11) is 0. The Morgan fingerprint density at radius 1 is 1.07 bits per heavy atom. The topological polar surface area (TPSA) is 71.1 Å². The quantitative estimate of drug-likeness (QED) is 0.550. The largest absolute Gasteiger partial charge is 0.492 e. The van der Waals surface area contributed by atoms with Crippen molar-refractivity contribution in [3.05, 3.63) is 59.2 Å². The van der Waals surface area contributed by atoms with Crippen molar-refractivity contribution in [3.63, 3.8) is 0 Å². The number of nitriles is 1. The predicted octanol–water partition coefficient (Wildman–Crippen LogP) is 4.61. The number of benzene rings is 2. The van der Waals surface area contributed by atoms with E-state index in [4.69, 9.17) is 15.7 Å². The van der Waals surface area contributed by atoms with Crippen molar-refractivity contribution in [1.29, 1.82) is 5.26 Å². The summed E-state index contributed by atoms with van der Waals surface area (Å²) in [5.74, 6) is -0.838. The van der Waals surface area contributed by atoms with Crippen LogP contribution >= 0.6 is 0 Å². The first kappa shape index (κ1) is 21.8. The zero-order valence-corrected chi connectivity index (χ0v) is 15.4. The molecule has 1 aliphatic heterocycles. The average molecular weight is 429 g/mol. The molecule has 1 fully saturated rings. The molecule has 1 heterocycles. The highest BCUT2D eigenvalue weighted by Crippen LogP contribution is 2.42. The van der Waals surface area contributed by atoms with Gasteiger partial charge in [0, 0.05) is 17.6 Å². The van der Waals surface area contributed by atoms with E-state index in [2.05, 4.69) is 5.32 Å². The van der Waals surface area contributed by atoms with Gasteiger partial charge in [-0.3, -0.25) is 5.32 Å². The molecule has 0 bridgehead atoms. The highest BCUT2D eigenvalue weighted by atomic mass is 19.4. The molecule has 3 unspecified atom stereocenters. The first-order valence-electron chi connectivity index (χ1n) is 8.91. The lowest BCUT2D eigenvalue weighted by Crippen LogP contribution is -2.44. The van der Waals surface area contributed by atoms with Crippen molar-refractivity contribution in [2.45, 2.75) is 36.8 Å². The van der Waals surface area contributed by atoms with E-state index in [0.29, 0.717) is 17.5 Å². The normalized spacial score (nSPS) is 22.0. The van der Waals surface area contributed by atoms with Crippen LogP contribution in [0.4, 0.5) is 32.0 Å². The summed E-state index contributed by atoms with van der Waals surface area (Å²) in [4.78, 5) is 0. The van der Waals surface area contributed by atoms with Crippen molar-refractivity contribution in [3.8, 4) is 11.8 Å². The molecule has 0 radical (unpaired) electrons. The maximum Gasteiger partial charge on any atom is 0.417 e. The van der Waals surface area contributed by atoms with Gasteiger partial charge < -0.3 is 10.5 Å². The Balaban J connectivity index is 1.84. The minimum Gasteiger partial charge on any atom is -0.492 e. The van der Waals surface area contributed by atoms with Crippen molar-refractivity contribution in [2.75, 3.05) is 12.3 Å². The third-order valence-corrected chi connectivity index (χ3v) is 4.94. The van der Waals surface area contributed by atoms with Gasteiger partial charge in [-0.1, -0.05) is 6.07 Å². The van der Waals surface area contributed by atoms with Gasteiger partial charge in [-0.25, -0.2) is 0 Å². The number of alkyl halides is 6. The van der Waals surface area contributed by atoms with Crippen LogP contribution in [0.3, 0.4) is 0 Å². The minimum absolute atomic E-state index is 0.0810. The second-order valence-electron chi connectivity index (χ2n) is 7.02. The fourth-order valence-electron chi connectivity index (χ4n) is 3.53. The number of halogens is 6. The fraction of sp³-hybridized carbons (Fsp3) is 0.350. The summed E-state index contributed by atoms with van der Waals surface area (Å²) in [6.45, 7) is -0.102. The molecule has 0 aromatic heterocycles. The van der Waals surface area contributed by atoms with E-state index in [-0.39, 0.29) is 18.6 Å². The lowest BCUT2D eigenvalue weighted by molar-refractivity contribution is -0.156. The summed E-state index contributed by atoms with van der Waals surface area (Å²) in [6.07, 6.45) is -9.60. The van der Waals surface area contributed by atoms with Gasteiger partial charge in [0.1, 0.15) is 18.4 Å². The van der Waals surface area contributed by atoms with Gasteiger partial charge in [-0.05, 0) is 48.4 Å². The lowest BCUT2D eigenvalue weighted by atomic mass is 9.88. The fourth-order valence-corrected chi connectivity index (χ4v) is 3.53. The maximum absolute atomic E-state index is 13.6. The van der Waals surface area contributed by atoms with Crippen LogP contribution in [0.5, 0.6) is 5.75 Å². The van der Waals surface area contributed by atoms with E-state index >= 15 is 0 Å². The number of hydrogen-bond donors (Lipinski definition) is 2. The molecule has 30 heavy (non-hydrogen) atoms. The zero-order valence-electron chi connectivity index (χ0n) is 15.4. The van der Waals surface area contributed by atoms with Crippen LogP contribution in [-0.4, -0.2) is 24.9 Å². The van der Waals surface area contributed by atoms with Crippen LogP contribution in [0.25, 0.3) is 0 Å². The van der Waals surface area contributed by atoms with Crippen molar-refractivity contribution >= 4 is 5.69 Å². The van der Waals surface area contributed by atoms with Gasteiger partial charge in [0.05, 0.1) is 17.2 Å².